The normalized spacial score (nSPS) is 12.3. The molecular formula is C21H17Br3N4O2. The minimum atomic E-state index is -0.741. The average Bonchev–Trinajstić information content (AvgIpc) is 3.12. The van der Waals surface area contributed by atoms with Crippen LogP contribution in [0.3, 0.4) is 0 Å². The van der Waals surface area contributed by atoms with Gasteiger partial charge in [-0.25, -0.2) is 4.98 Å². The number of hydrogen-bond donors (Lipinski definition) is 4. The summed E-state index contributed by atoms with van der Waals surface area (Å²) in [6, 6.07) is 11.3. The van der Waals surface area contributed by atoms with Gasteiger partial charge in [0.2, 0.25) is 0 Å². The number of nitrogens with zero attached hydrogens (tertiary/aromatic N) is 1. The fraction of sp³-hybridized carbons (Fsp3) is 0.143. The van der Waals surface area contributed by atoms with E-state index in [2.05, 4.69) is 68.1 Å². The van der Waals surface area contributed by atoms with Crippen molar-refractivity contribution in [3.05, 3.63) is 77.5 Å². The molecular weight excluding hydrogens is 580 g/mol. The highest BCUT2D eigenvalue weighted by atomic mass is 79.9. The quantitative estimate of drug-likeness (QED) is 0.239. The summed E-state index contributed by atoms with van der Waals surface area (Å²) in [6.45, 7) is 2.23. The van der Waals surface area contributed by atoms with Crippen LogP contribution in [0.15, 0.2) is 60.8 Å². The molecule has 0 saturated heterocycles. The fourth-order valence-electron chi connectivity index (χ4n) is 3.16. The third kappa shape index (κ3) is 4.25. The van der Waals surface area contributed by atoms with E-state index in [1.165, 1.54) is 0 Å². The minimum Gasteiger partial charge on any atom is -0.387 e. The molecule has 4 N–H and O–H groups in total. The number of aryl methyl sites for hydroxylation is 1. The number of anilines is 1. The number of aliphatic hydroxyl groups excluding tert-OH is 1. The van der Waals surface area contributed by atoms with E-state index in [0.717, 1.165) is 35.6 Å². The predicted molar refractivity (Wildman–Crippen MR) is 130 cm³/mol. The molecule has 4 rings (SSSR count). The minimum absolute atomic E-state index is 0.238. The summed E-state index contributed by atoms with van der Waals surface area (Å²) in [7, 11) is 0. The molecule has 0 bridgehead atoms. The molecule has 4 aromatic rings. The summed E-state index contributed by atoms with van der Waals surface area (Å²) in [5.41, 5.74) is 4.09. The number of aromatic amines is 2. The first-order valence-corrected chi connectivity index (χ1v) is 11.5. The van der Waals surface area contributed by atoms with Gasteiger partial charge in [0.05, 0.1) is 17.3 Å². The number of imidazole rings is 1. The number of benzene rings is 2. The molecule has 0 aliphatic carbocycles. The van der Waals surface area contributed by atoms with Crippen molar-refractivity contribution in [2.75, 3.05) is 11.9 Å². The smallest absolute Gasteiger partial charge is 0.261 e. The van der Waals surface area contributed by atoms with E-state index in [9.17, 15) is 9.90 Å². The summed E-state index contributed by atoms with van der Waals surface area (Å²) >= 11 is 10.5. The van der Waals surface area contributed by atoms with Crippen LogP contribution in [0.1, 0.15) is 17.2 Å². The largest absolute Gasteiger partial charge is 0.387 e. The molecule has 0 spiro atoms. The van der Waals surface area contributed by atoms with Gasteiger partial charge in [-0.3, -0.25) is 4.79 Å². The first-order valence-electron chi connectivity index (χ1n) is 9.08. The van der Waals surface area contributed by atoms with Gasteiger partial charge in [-0.05, 0) is 58.2 Å². The predicted octanol–water partition coefficient (Wildman–Crippen LogP) is 5.66. The van der Waals surface area contributed by atoms with Crippen LogP contribution in [0.25, 0.3) is 22.4 Å². The number of pyridine rings is 1. The maximum absolute atomic E-state index is 12.6. The number of nitrogens with one attached hydrogen (secondary N) is 3. The van der Waals surface area contributed by atoms with E-state index in [4.69, 9.17) is 0 Å². The van der Waals surface area contributed by atoms with Crippen LogP contribution in [-0.2, 0) is 0 Å². The summed E-state index contributed by atoms with van der Waals surface area (Å²) in [4.78, 5) is 23.1. The van der Waals surface area contributed by atoms with Crippen molar-refractivity contribution in [3.8, 4) is 11.4 Å². The van der Waals surface area contributed by atoms with Crippen LogP contribution < -0.4 is 10.9 Å². The molecule has 6 nitrogen and oxygen atoms in total. The Hall–Kier alpha value is -1.94. The Labute approximate surface area is 197 Å². The van der Waals surface area contributed by atoms with Crippen molar-refractivity contribution in [2.24, 2.45) is 0 Å². The second kappa shape index (κ2) is 8.66. The number of rotatable bonds is 5. The van der Waals surface area contributed by atoms with Gasteiger partial charge < -0.3 is 20.4 Å². The molecule has 2 heterocycles. The molecule has 30 heavy (non-hydrogen) atoms. The van der Waals surface area contributed by atoms with Gasteiger partial charge in [0, 0.05) is 26.2 Å². The van der Waals surface area contributed by atoms with Crippen molar-refractivity contribution in [1.82, 2.24) is 15.0 Å². The lowest BCUT2D eigenvalue weighted by atomic mass is 10.1. The molecule has 2 aromatic carbocycles. The Morgan fingerprint density at radius 1 is 1.13 bits per heavy atom. The zero-order valence-electron chi connectivity index (χ0n) is 15.8. The van der Waals surface area contributed by atoms with E-state index in [0.29, 0.717) is 17.1 Å². The molecule has 9 heteroatoms. The van der Waals surface area contributed by atoms with Crippen molar-refractivity contribution < 1.29 is 5.11 Å². The molecule has 1 unspecified atom stereocenters. The van der Waals surface area contributed by atoms with E-state index in [-0.39, 0.29) is 12.1 Å². The van der Waals surface area contributed by atoms with E-state index in [1.54, 1.807) is 12.3 Å². The molecule has 1 atom stereocenters. The number of halogens is 3. The van der Waals surface area contributed by atoms with Gasteiger partial charge in [0.1, 0.15) is 16.9 Å². The van der Waals surface area contributed by atoms with Crippen molar-refractivity contribution in [3.63, 3.8) is 0 Å². The van der Waals surface area contributed by atoms with E-state index in [1.807, 2.05) is 37.3 Å². The van der Waals surface area contributed by atoms with Gasteiger partial charge in [0.25, 0.3) is 5.56 Å². The fourth-order valence-corrected chi connectivity index (χ4v) is 4.87. The molecule has 0 saturated carbocycles. The van der Waals surface area contributed by atoms with Crippen molar-refractivity contribution in [1.29, 1.82) is 0 Å². The molecule has 0 fully saturated rings. The maximum Gasteiger partial charge on any atom is 0.261 e. The third-order valence-corrected chi connectivity index (χ3v) is 6.69. The molecule has 2 aromatic heterocycles. The monoisotopic (exact) mass is 594 g/mol. The number of aliphatic hydroxyl groups is 1. The SMILES string of the molecule is Cc1ccc(C(O)CNc2cc[nH]c(=O)c2-c2nc3c(Br)cc(Br)cc3[nH]2)cc1Br. The second-order valence-corrected chi connectivity index (χ2v) is 9.49. The number of hydrogen-bond acceptors (Lipinski definition) is 4. The topological polar surface area (TPSA) is 93.8 Å². The maximum atomic E-state index is 12.6. The zero-order chi connectivity index (χ0) is 21.4. The first kappa shape index (κ1) is 21.3. The van der Waals surface area contributed by atoms with Gasteiger partial charge >= 0.3 is 0 Å². The average molecular weight is 597 g/mol. The lowest BCUT2D eigenvalue weighted by Gasteiger charge is -2.15. The highest BCUT2D eigenvalue weighted by Gasteiger charge is 2.17. The van der Waals surface area contributed by atoms with Crippen LogP contribution in [0.5, 0.6) is 0 Å². The Morgan fingerprint density at radius 3 is 2.70 bits per heavy atom. The summed E-state index contributed by atoms with van der Waals surface area (Å²) in [5, 5.41) is 13.8. The molecule has 0 aliphatic heterocycles. The second-order valence-electron chi connectivity index (χ2n) is 6.87. The standard InChI is InChI=1S/C21H17Br3N4O2/c1-10-2-3-11(6-13(10)23)17(29)9-26-15-4-5-25-21(30)18(15)20-27-16-8-12(22)7-14(24)19(16)28-20/h2-8,17,29H,9H2,1H3,(H,27,28)(H2,25,26,30). The van der Waals surface area contributed by atoms with Gasteiger partial charge in [-0.15, -0.1) is 0 Å². The van der Waals surface area contributed by atoms with E-state index >= 15 is 0 Å². The Morgan fingerprint density at radius 2 is 1.93 bits per heavy atom. The highest BCUT2D eigenvalue weighted by Crippen LogP contribution is 2.31. The molecule has 0 amide bonds. The molecule has 154 valence electrons. The van der Waals surface area contributed by atoms with Crippen LogP contribution in [0, 0.1) is 6.92 Å². The van der Waals surface area contributed by atoms with Gasteiger partial charge in [-0.2, -0.15) is 0 Å². The van der Waals surface area contributed by atoms with Crippen LogP contribution >= 0.6 is 47.8 Å². The van der Waals surface area contributed by atoms with E-state index < -0.39 is 6.10 Å². The first-order chi connectivity index (χ1) is 14.3. The zero-order valence-corrected chi connectivity index (χ0v) is 20.5. The van der Waals surface area contributed by atoms with Crippen LogP contribution in [0.4, 0.5) is 5.69 Å². The number of fused-ring (bicyclic) bond motifs is 1. The Balaban J connectivity index is 1.66. The molecule has 0 radical (unpaired) electrons. The highest BCUT2D eigenvalue weighted by molar-refractivity contribution is 9.11. The summed E-state index contributed by atoms with van der Waals surface area (Å²) in [5.74, 6) is 0.445. The third-order valence-electron chi connectivity index (χ3n) is 4.77. The number of aromatic nitrogens is 3. The lowest BCUT2D eigenvalue weighted by molar-refractivity contribution is 0.191. The van der Waals surface area contributed by atoms with Crippen molar-refractivity contribution >= 4 is 64.5 Å². The van der Waals surface area contributed by atoms with Crippen molar-refractivity contribution in [2.45, 2.75) is 13.0 Å². The van der Waals surface area contributed by atoms with Crippen LogP contribution in [-0.4, -0.2) is 26.6 Å². The number of H-pyrrole nitrogens is 2. The summed E-state index contributed by atoms with van der Waals surface area (Å²) < 4.78 is 2.65. The van der Waals surface area contributed by atoms with Gasteiger partial charge in [0.15, 0.2) is 0 Å². The Bertz CT molecular complexity index is 1300. The Kier molecular flexibility index (Phi) is 6.15. The van der Waals surface area contributed by atoms with Crippen LogP contribution in [0.2, 0.25) is 0 Å². The summed E-state index contributed by atoms with van der Waals surface area (Å²) in [6.07, 6.45) is 0.827. The van der Waals surface area contributed by atoms with Gasteiger partial charge in [-0.1, -0.05) is 44.0 Å². The molecule has 0 aliphatic rings. The lowest BCUT2D eigenvalue weighted by Crippen LogP contribution is -2.17.